The molecule has 1 aliphatic rings. The molecule has 3 aromatic carbocycles. The van der Waals surface area contributed by atoms with Gasteiger partial charge in [-0.3, -0.25) is 9.59 Å². The summed E-state index contributed by atoms with van der Waals surface area (Å²) in [6, 6.07) is 20.4. The van der Waals surface area contributed by atoms with Crippen molar-refractivity contribution in [2.45, 2.75) is 19.8 Å². The summed E-state index contributed by atoms with van der Waals surface area (Å²) < 4.78 is 10.9. The topological polar surface area (TPSA) is 84.9 Å². The molecule has 0 radical (unpaired) electrons. The highest BCUT2D eigenvalue weighted by Gasteiger charge is 2.40. The Morgan fingerprint density at radius 2 is 1.51 bits per heavy atom. The van der Waals surface area contributed by atoms with E-state index in [1.54, 1.807) is 54.6 Å². The first-order chi connectivity index (χ1) is 16.8. The number of esters is 1. The van der Waals surface area contributed by atoms with E-state index in [2.05, 4.69) is 5.32 Å². The molecule has 4 rings (SSSR count). The number of amides is 2. The fourth-order valence-electron chi connectivity index (χ4n) is 3.69. The minimum atomic E-state index is -0.660. The number of imide groups is 1. The van der Waals surface area contributed by atoms with Gasteiger partial charge in [0.05, 0.1) is 18.4 Å². The van der Waals surface area contributed by atoms with Crippen LogP contribution in [0, 0.1) is 0 Å². The predicted octanol–water partition coefficient (Wildman–Crippen LogP) is 5.47. The lowest BCUT2D eigenvalue weighted by Gasteiger charge is -2.17. The monoisotopic (exact) mass is 490 g/mol. The van der Waals surface area contributed by atoms with E-state index < -0.39 is 17.8 Å². The number of rotatable bonds is 7. The quantitative estimate of drug-likeness (QED) is 0.268. The van der Waals surface area contributed by atoms with Crippen molar-refractivity contribution in [3.05, 3.63) is 94.7 Å². The molecule has 0 unspecified atom stereocenters. The summed E-state index contributed by atoms with van der Waals surface area (Å²) in [7, 11) is 1.45. The lowest BCUT2D eigenvalue weighted by atomic mass is 10.0. The zero-order valence-corrected chi connectivity index (χ0v) is 20.1. The van der Waals surface area contributed by atoms with Crippen LogP contribution in [0.25, 0.3) is 0 Å². The summed E-state index contributed by atoms with van der Waals surface area (Å²) >= 11 is 6.22. The van der Waals surface area contributed by atoms with Gasteiger partial charge in [0.2, 0.25) is 0 Å². The van der Waals surface area contributed by atoms with E-state index in [1.807, 2.05) is 32.0 Å². The average Bonchev–Trinajstić information content (AvgIpc) is 3.07. The molecule has 0 saturated carbocycles. The maximum absolute atomic E-state index is 13.0. The van der Waals surface area contributed by atoms with Crippen LogP contribution in [-0.2, 0) is 9.59 Å². The molecule has 0 fully saturated rings. The molecule has 0 spiro atoms. The molecule has 35 heavy (non-hydrogen) atoms. The number of methoxy groups -OCH3 is 1. The van der Waals surface area contributed by atoms with Crippen LogP contribution in [0.15, 0.2) is 83.5 Å². The Kier molecular flexibility index (Phi) is 6.89. The Labute approximate surface area is 207 Å². The number of ether oxygens (including phenoxy) is 2. The zero-order valence-electron chi connectivity index (χ0n) is 19.4. The van der Waals surface area contributed by atoms with Gasteiger partial charge < -0.3 is 14.8 Å². The van der Waals surface area contributed by atoms with Crippen molar-refractivity contribution in [3.63, 3.8) is 0 Å². The summed E-state index contributed by atoms with van der Waals surface area (Å²) in [5, 5.41) is 2.65. The fraction of sp³-hybridized carbons (Fsp3) is 0.148. The van der Waals surface area contributed by atoms with Gasteiger partial charge in [-0.25, -0.2) is 9.69 Å². The van der Waals surface area contributed by atoms with Gasteiger partial charge in [-0.2, -0.15) is 0 Å². The molecule has 1 heterocycles. The van der Waals surface area contributed by atoms with E-state index in [0.717, 1.165) is 10.5 Å². The van der Waals surface area contributed by atoms with Gasteiger partial charge in [0.1, 0.15) is 22.2 Å². The Hall–Kier alpha value is -4.10. The second kappa shape index (κ2) is 10.0. The highest BCUT2D eigenvalue weighted by Crippen LogP contribution is 2.35. The lowest BCUT2D eigenvalue weighted by Crippen LogP contribution is -2.32. The van der Waals surface area contributed by atoms with Crippen molar-refractivity contribution in [2.75, 3.05) is 17.3 Å². The molecule has 3 aromatic rings. The Morgan fingerprint density at radius 3 is 2.17 bits per heavy atom. The smallest absolute Gasteiger partial charge is 0.343 e. The molecule has 1 aliphatic heterocycles. The number of hydrogen-bond donors (Lipinski definition) is 1. The maximum atomic E-state index is 13.0. The molecular weight excluding hydrogens is 468 g/mol. The van der Waals surface area contributed by atoms with Crippen LogP contribution in [0.5, 0.6) is 11.5 Å². The summed E-state index contributed by atoms with van der Waals surface area (Å²) in [5.74, 6) is -0.701. The van der Waals surface area contributed by atoms with E-state index in [-0.39, 0.29) is 16.6 Å². The first-order valence-corrected chi connectivity index (χ1v) is 11.3. The number of carbonyl (C=O) groups is 3. The Balaban J connectivity index is 1.50. The molecule has 0 saturated heterocycles. The third kappa shape index (κ3) is 4.76. The van der Waals surface area contributed by atoms with E-state index in [9.17, 15) is 14.4 Å². The molecule has 7 nitrogen and oxygen atoms in total. The first kappa shape index (κ1) is 24.0. The van der Waals surface area contributed by atoms with Gasteiger partial charge >= 0.3 is 5.97 Å². The van der Waals surface area contributed by atoms with Crippen LogP contribution < -0.4 is 19.7 Å². The number of para-hydroxylation sites is 3. The van der Waals surface area contributed by atoms with Crippen molar-refractivity contribution >= 4 is 40.8 Å². The van der Waals surface area contributed by atoms with Crippen molar-refractivity contribution in [2.24, 2.45) is 0 Å². The first-order valence-electron chi connectivity index (χ1n) is 10.9. The fourth-order valence-corrected chi connectivity index (χ4v) is 3.90. The number of halogens is 1. The molecule has 1 N–H and O–H groups in total. The number of hydrogen-bond acceptors (Lipinski definition) is 6. The summed E-state index contributed by atoms with van der Waals surface area (Å²) in [4.78, 5) is 39.4. The number of nitrogens with zero attached hydrogens (tertiary/aromatic N) is 1. The Morgan fingerprint density at radius 1 is 0.886 bits per heavy atom. The van der Waals surface area contributed by atoms with Gasteiger partial charge in [-0.15, -0.1) is 0 Å². The predicted molar refractivity (Wildman–Crippen MR) is 134 cm³/mol. The van der Waals surface area contributed by atoms with Crippen LogP contribution in [0.2, 0.25) is 0 Å². The van der Waals surface area contributed by atoms with Crippen LogP contribution in [0.4, 0.5) is 11.4 Å². The van der Waals surface area contributed by atoms with Gasteiger partial charge in [0.15, 0.2) is 0 Å². The van der Waals surface area contributed by atoms with E-state index >= 15 is 0 Å². The van der Waals surface area contributed by atoms with Crippen molar-refractivity contribution in [3.8, 4) is 11.5 Å². The molecule has 0 bridgehead atoms. The average molecular weight is 491 g/mol. The Bertz CT molecular complexity index is 1330. The molecule has 178 valence electrons. The number of carbonyl (C=O) groups excluding carboxylic acids is 3. The summed E-state index contributed by atoms with van der Waals surface area (Å²) in [5.41, 5.74) is 1.96. The highest BCUT2D eigenvalue weighted by molar-refractivity contribution is 6.53. The number of anilines is 2. The van der Waals surface area contributed by atoms with E-state index in [4.69, 9.17) is 21.1 Å². The molecule has 0 atom stereocenters. The minimum absolute atomic E-state index is 0.0660. The van der Waals surface area contributed by atoms with Crippen molar-refractivity contribution in [1.82, 2.24) is 0 Å². The van der Waals surface area contributed by atoms with Crippen LogP contribution in [-0.4, -0.2) is 24.9 Å². The van der Waals surface area contributed by atoms with Gasteiger partial charge in [0, 0.05) is 5.69 Å². The van der Waals surface area contributed by atoms with E-state index in [1.165, 1.54) is 7.11 Å². The van der Waals surface area contributed by atoms with Gasteiger partial charge in [0.25, 0.3) is 11.8 Å². The maximum Gasteiger partial charge on any atom is 0.343 e. The third-order valence-corrected chi connectivity index (χ3v) is 5.84. The summed E-state index contributed by atoms with van der Waals surface area (Å²) in [6.07, 6.45) is 0. The molecule has 0 aliphatic carbocycles. The van der Waals surface area contributed by atoms with Crippen LogP contribution in [0.1, 0.15) is 35.7 Å². The van der Waals surface area contributed by atoms with Crippen LogP contribution >= 0.6 is 11.6 Å². The van der Waals surface area contributed by atoms with Crippen LogP contribution in [0.3, 0.4) is 0 Å². The third-order valence-electron chi connectivity index (χ3n) is 5.49. The second-order valence-corrected chi connectivity index (χ2v) is 8.47. The second-order valence-electron chi connectivity index (χ2n) is 8.09. The van der Waals surface area contributed by atoms with Gasteiger partial charge in [-0.1, -0.05) is 55.8 Å². The number of nitrogens with one attached hydrogen (secondary N) is 1. The standard InChI is InChI=1S/C27H23ClN2O5/c1-16(2)19-8-4-6-10-21(19)35-27(33)17-12-14-18(15-13-17)29-24-23(28)25(31)30(26(24)32)20-9-5-7-11-22(20)34-3/h4-16,29H,1-3H3. The molecule has 2 amide bonds. The summed E-state index contributed by atoms with van der Waals surface area (Å²) in [6.45, 7) is 4.05. The lowest BCUT2D eigenvalue weighted by molar-refractivity contribution is -0.120. The largest absolute Gasteiger partial charge is 0.495 e. The number of benzene rings is 3. The van der Waals surface area contributed by atoms with Crippen molar-refractivity contribution < 1.29 is 23.9 Å². The molecular formula is C27H23ClN2O5. The molecule has 0 aromatic heterocycles. The zero-order chi connectivity index (χ0) is 25.1. The van der Waals surface area contributed by atoms with Crippen molar-refractivity contribution in [1.29, 1.82) is 0 Å². The molecule has 8 heteroatoms. The van der Waals surface area contributed by atoms with Gasteiger partial charge in [-0.05, 0) is 53.9 Å². The normalized spacial score (nSPS) is 13.5. The highest BCUT2D eigenvalue weighted by atomic mass is 35.5. The van der Waals surface area contributed by atoms with E-state index in [0.29, 0.717) is 28.4 Å². The minimum Gasteiger partial charge on any atom is -0.495 e. The SMILES string of the molecule is COc1ccccc1N1C(=O)C(Cl)=C(Nc2ccc(C(=O)Oc3ccccc3C(C)C)cc2)C1=O.